The molecule has 0 saturated carbocycles. The maximum Gasteiger partial charge on any atom is 0.130 e. The first-order valence-corrected chi connectivity index (χ1v) is 5.46. The van der Waals surface area contributed by atoms with Gasteiger partial charge in [0.05, 0.1) is 0 Å². The van der Waals surface area contributed by atoms with Crippen LogP contribution in [0.3, 0.4) is 0 Å². The molecule has 0 spiro atoms. The molecule has 1 unspecified atom stereocenters. The molecule has 1 N–H and O–H groups in total. The molecule has 1 atom stereocenters. The van der Waals surface area contributed by atoms with Crippen LogP contribution in [-0.4, -0.2) is 29.7 Å². The van der Waals surface area contributed by atoms with Crippen LogP contribution in [0, 0.1) is 17.6 Å². The van der Waals surface area contributed by atoms with E-state index in [1.54, 1.807) is 0 Å². The van der Waals surface area contributed by atoms with Gasteiger partial charge < -0.3 is 5.11 Å². The Morgan fingerprint density at radius 3 is 2.81 bits per heavy atom. The van der Waals surface area contributed by atoms with Crippen molar-refractivity contribution in [2.24, 2.45) is 5.92 Å². The fourth-order valence-corrected chi connectivity index (χ4v) is 2.10. The van der Waals surface area contributed by atoms with Crippen LogP contribution in [0.25, 0.3) is 0 Å². The molecule has 1 aromatic rings. The van der Waals surface area contributed by atoms with Crippen molar-refractivity contribution in [1.82, 2.24) is 4.90 Å². The fourth-order valence-electron chi connectivity index (χ4n) is 2.10. The van der Waals surface area contributed by atoms with Crippen LogP contribution in [0.1, 0.15) is 12.0 Å². The number of benzene rings is 1. The molecule has 1 aliphatic rings. The molecule has 0 bridgehead atoms. The summed E-state index contributed by atoms with van der Waals surface area (Å²) in [4.78, 5) is 2.08. The quantitative estimate of drug-likeness (QED) is 0.850. The van der Waals surface area contributed by atoms with Gasteiger partial charge in [-0.25, -0.2) is 8.78 Å². The lowest BCUT2D eigenvalue weighted by molar-refractivity contribution is 0.219. The van der Waals surface area contributed by atoms with E-state index in [0.29, 0.717) is 18.0 Å². The maximum atomic E-state index is 13.4. The smallest absolute Gasteiger partial charge is 0.130 e. The highest BCUT2D eigenvalue weighted by molar-refractivity contribution is 5.18. The standard InChI is InChI=1S/C12H15F2NO/c13-11-2-1-10(12(14)5-11)7-15-4-3-9(6-15)8-16/h1-2,5,9,16H,3-4,6-8H2. The highest BCUT2D eigenvalue weighted by Gasteiger charge is 2.22. The second kappa shape index (κ2) is 4.89. The number of hydrogen-bond donors (Lipinski definition) is 1. The van der Waals surface area contributed by atoms with Gasteiger partial charge in [-0.05, 0) is 24.9 Å². The first-order chi connectivity index (χ1) is 7.69. The molecule has 1 aromatic carbocycles. The Morgan fingerprint density at radius 1 is 1.38 bits per heavy atom. The lowest BCUT2D eigenvalue weighted by atomic mass is 10.1. The van der Waals surface area contributed by atoms with Gasteiger partial charge in [0, 0.05) is 31.3 Å². The van der Waals surface area contributed by atoms with Crippen LogP contribution in [-0.2, 0) is 6.54 Å². The second-order valence-electron chi connectivity index (χ2n) is 4.31. The molecule has 88 valence electrons. The third-order valence-corrected chi connectivity index (χ3v) is 3.04. The molecule has 1 heterocycles. The van der Waals surface area contributed by atoms with Gasteiger partial charge in [0.2, 0.25) is 0 Å². The van der Waals surface area contributed by atoms with Crippen LogP contribution in [0.15, 0.2) is 18.2 Å². The lowest BCUT2D eigenvalue weighted by Crippen LogP contribution is -2.21. The Kier molecular flexibility index (Phi) is 3.51. The summed E-state index contributed by atoms with van der Waals surface area (Å²) in [5.41, 5.74) is 0.514. The Hall–Kier alpha value is -1.00. The number of likely N-dealkylation sites (tertiary alicyclic amines) is 1. The number of aliphatic hydroxyl groups excluding tert-OH is 1. The summed E-state index contributed by atoms with van der Waals surface area (Å²) in [6, 6.07) is 3.67. The minimum absolute atomic E-state index is 0.183. The van der Waals surface area contributed by atoms with Gasteiger partial charge in [-0.15, -0.1) is 0 Å². The van der Waals surface area contributed by atoms with Gasteiger partial charge >= 0.3 is 0 Å². The lowest BCUT2D eigenvalue weighted by Gasteiger charge is -2.15. The van der Waals surface area contributed by atoms with Crippen LogP contribution < -0.4 is 0 Å². The molecule has 0 aromatic heterocycles. The van der Waals surface area contributed by atoms with Gasteiger partial charge in [0.25, 0.3) is 0 Å². The maximum absolute atomic E-state index is 13.4. The monoisotopic (exact) mass is 227 g/mol. The van der Waals surface area contributed by atoms with Gasteiger partial charge in [-0.2, -0.15) is 0 Å². The Morgan fingerprint density at radius 2 is 2.19 bits per heavy atom. The van der Waals surface area contributed by atoms with Gasteiger partial charge in [-0.1, -0.05) is 6.07 Å². The third kappa shape index (κ3) is 2.57. The van der Waals surface area contributed by atoms with Gasteiger partial charge in [0.1, 0.15) is 11.6 Å². The van der Waals surface area contributed by atoms with E-state index >= 15 is 0 Å². The molecule has 1 aliphatic heterocycles. The van der Waals surface area contributed by atoms with E-state index < -0.39 is 11.6 Å². The van der Waals surface area contributed by atoms with E-state index in [4.69, 9.17) is 5.11 Å². The first-order valence-electron chi connectivity index (χ1n) is 5.46. The fraction of sp³-hybridized carbons (Fsp3) is 0.500. The van der Waals surface area contributed by atoms with Gasteiger partial charge in [-0.3, -0.25) is 4.90 Å². The average molecular weight is 227 g/mol. The highest BCUT2D eigenvalue weighted by Crippen LogP contribution is 2.19. The largest absolute Gasteiger partial charge is 0.396 e. The van der Waals surface area contributed by atoms with Crippen LogP contribution in [0.4, 0.5) is 8.78 Å². The summed E-state index contributed by atoms with van der Waals surface area (Å²) in [7, 11) is 0. The first kappa shape index (κ1) is 11.5. The van der Waals surface area contributed by atoms with Crippen LogP contribution >= 0.6 is 0 Å². The molecule has 4 heteroatoms. The number of aliphatic hydroxyl groups is 1. The molecule has 0 aliphatic carbocycles. The molecule has 1 fully saturated rings. The molecule has 2 nitrogen and oxygen atoms in total. The third-order valence-electron chi connectivity index (χ3n) is 3.04. The van der Waals surface area contributed by atoms with E-state index in [-0.39, 0.29) is 6.61 Å². The molecule has 1 saturated heterocycles. The van der Waals surface area contributed by atoms with Crippen molar-refractivity contribution in [2.45, 2.75) is 13.0 Å². The molecule has 2 rings (SSSR count). The normalized spacial score (nSPS) is 21.6. The van der Waals surface area contributed by atoms with E-state index in [2.05, 4.69) is 4.90 Å². The molecular weight excluding hydrogens is 212 g/mol. The molecule has 0 radical (unpaired) electrons. The highest BCUT2D eigenvalue weighted by atomic mass is 19.1. The van der Waals surface area contributed by atoms with Crippen LogP contribution in [0.2, 0.25) is 0 Å². The van der Waals surface area contributed by atoms with E-state index in [1.807, 2.05) is 0 Å². The van der Waals surface area contributed by atoms with Crippen molar-refractivity contribution in [3.8, 4) is 0 Å². The van der Waals surface area contributed by atoms with Crippen molar-refractivity contribution in [1.29, 1.82) is 0 Å². The SMILES string of the molecule is OCC1CCN(Cc2ccc(F)cc2F)C1. The summed E-state index contributed by atoms with van der Waals surface area (Å²) in [6.07, 6.45) is 0.944. The average Bonchev–Trinajstić information content (AvgIpc) is 2.70. The summed E-state index contributed by atoms with van der Waals surface area (Å²) in [6.45, 7) is 2.32. The molecule has 0 amide bonds. The number of halogens is 2. The second-order valence-corrected chi connectivity index (χ2v) is 4.31. The zero-order valence-corrected chi connectivity index (χ0v) is 9.00. The summed E-state index contributed by atoms with van der Waals surface area (Å²) < 4.78 is 26.1. The molecule has 16 heavy (non-hydrogen) atoms. The number of nitrogens with zero attached hydrogens (tertiary/aromatic N) is 1. The topological polar surface area (TPSA) is 23.5 Å². The zero-order chi connectivity index (χ0) is 11.5. The summed E-state index contributed by atoms with van der Waals surface area (Å²) in [5.74, 6) is -0.744. The minimum Gasteiger partial charge on any atom is -0.396 e. The van der Waals surface area contributed by atoms with E-state index in [0.717, 1.165) is 25.6 Å². The van der Waals surface area contributed by atoms with Crippen molar-refractivity contribution in [3.63, 3.8) is 0 Å². The van der Waals surface area contributed by atoms with Crippen molar-refractivity contribution in [3.05, 3.63) is 35.4 Å². The van der Waals surface area contributed by atoms with E-state index in [9.17, 15) is 8.78 Å². The Bertz CT molecular complexity index is 370. The number of rotatable bonds is 3. The predicted molar refractivity (Wildman–Crippen MR) is 56.8 cm³/mol. The van der Waals surface area contributed by atoms with Gasteiger partial charge in [0.15, 0.2) is 0 Å². The van der Waals surface area contributed by atoms with Crippen molar-refractivity contribution >= 4 is 0 Å². The van der Waals surface area contributed by atoms with E-state index in [1.165, 1.54) is 12.1 Å². The minimum atomic E-state index is -0.545. The summed E-state index contributed by atoms with van der Waals surface area (Å²) in [5, 5.41) is 8.99. The predicted octanol–water partition coefficient (Wildman–Crippen LogP) is 1.78. The van der Waals surface area contributed by atoms with Crippen molar-refractivity contribution < 1.29 is 13.9 Å². The zero-order valence-electron chi connectivity index (χ0n) is 9.00. The van der Waals surface area contributed by atoms with Crippen molar-refractivity contribution in [2.75, 3.05) is 19.7 Å². The number of hydrogen-bond acceptors (Lipinski definition) is 2. The summed E-state index contributed by atoms with van der Waals surface area (Å²) >= 11 is 0. The molecular formula is C12H15F2NO. The Labute approximate surface area is 93.5 Å². The Balaban J connectivity index is 1.99. The van der Waals surface area contributed by atoms with Crippen LogP contribution in [0.5, 0.6) is 0 Å².